The summed E-state index contributed by atoms with van der Waals surface area (Å²) in [6.07, 6.45) is 20.2. The van der Waals surface area contributed by atoms with Gasteiger partial charge in [-0.2, -0.15) is 0 Å². The Labute approximate surface area is 130 Å². The van der Waals surface area contributed by atoms with E-state index in [0.717, 1.165) is 11.8 Å². The molecule has 0 spiro atoms. The highest BCUT2D eigenvalue weighted by Crippen LogP contribution is 2.30. The van der Waals surface area contributed by atoms with Gasteiger partial charge in [0.25, 0.3) is 0 Å². The smallest absolute Gasteiger partial charge is 0.0386 e. The van der Waals surface area contributed by atoms with Crippen molar-refractivity contribution in [3.05, 3.63) is 0 Å². The Morgan fingerprint density at radius 2 is 0.950 bits per heavy atom. The molecule has 0 rings (SSSR count). The largest absolute Gasteiger partial charge is 0.0654 e. The zero-order valence-corrected chi connectivity index (χ0v) is 15.1. The second kappa shape index (κ2) is 15.4. The van der Waals surface area contributed by atoms with E-state index in [-0.39, 0.29) is 0 Å². The van der Waals surface area contributed by atoms with Gasteiger partial charge in [-0.15, -0.1) is 0 Å². The van der Waals surface area contributed by atoms with Crippen LogP contribution in [-0.4, -0.2) is 0 Å². The van der Waals surface area contributed by atoms with Gasteiger partial charge < -0.3 is 0 Å². The molecule has 0 saturated heterocycles. The molecule has 0 aromatic heterocycles. The normalized spacial score (nSPS) is 14.4. The lowest BCUT2D eigenvalue weighted by molar-refractivity contribution is 0.254. The van der Waals surface area contributed by atoms with Crippen molar-refractivity contribution >= 4 is 0 Å². The van der Waals surface area contributed by atoms with E-state index in [1.807, 2.05) is 0 Å². The van der Waals surface area contributed by atoms with Crippen molar-refractivity contribution in [2.45, 2.75) is 118 Å². The molecule has 2 atom stereocenters. The van der Waals surface area contributed by atoms with E-state index in [1.54, 1.807) is 0 Å². The van der Waals surface area contributed by atoms with Gasteiger partial charge in [-0.25, -0.2) is 0 Å². The van der Waals surface area contributed by atoms with Gasteiger partial charge in [-0.3, -0.25) is 0 Å². The van der Waals surface area contributed by atoms with Crippen LogP contribution in [0.2, 0.25) is 0 Å². The van der Waals surface area contributed by atoms with Gasteiger partial charge in [0.1, 0.15) is 0 Å². The van der Waals surface area contributed by atoms with Crippen LogP contribution in [0.25, 0.3) is 0 Å². The van der Waals surface area contributed by atoms with Crippen LogP contribution in [0.4, 0.5) is 0 Å². The standard InChI is InChI=1S/C20H42/c1-5-9-11-12-13-15-17-19(8-4)20(16-7-3)18-14-10-6-2/h19-20H,5-18H2,1-4H3. The van der Waals surface area contributed by atoms with E-state index in [2.05, 4.69) is 27.7 Å². The second-order valence-corrected chi connectivity index (χ2v) is 6.77. The Bertz CT molecular complexity index is 173. The lowest BCUT2D eigenvalue weighted by Gasteiger charge is -2.26. The fraction of sp³-hybridized carbons (Fsp3) is 1.00. The Balaban J connectivity index is 3.89. The van der Waals surface area contributed by atoms with Gasteiger partial charge in [-0.05, 0) is 11.8 Å². The van der Waals surface area contributed by atoms with Gasteiger partial charge in [-0.1, -0.05) is 118 Å². The summed E-state index contributed by atoms with van der Waals surface area (Å²) in [5.41, 5.74) is 0. The van der Waals surface area contributed by atoms with Gasteiger partial charge >= 0.3 is 0 Å². The molecule has 0 N–H and O–H groups in total. The van der Waals surface area contributed by atoms with Crippen molar-refractivity contribution in [2.75, 3.05) is 0 Å². The van der Waals surface area contributed by atoms with Crippen molar-refractivity contribution < 1.29 is 0 Å². The van der Waals surface area contributed by atoms with E-state index in [1.165, 1.54) is 89.9 Å². The Morgan fingerprint density at radius 3 is 1.55 bits per heavy atom. The predicted molar refractivity (Wildman–Crippen MR) is 94.3 cm³/mol. The molecule has 0 amide bonds. The molecule has 0 aromatic carbocycles. The lowest BCUT2D eigenvalue weighted by atomic mass is 9.80. The summed E-state index contributed by atoms with van der Waals surface area (Å²) in [5.74, 6) is 2.03. The van der Waals surface area contributed by atoms with Crippen LogP contribution < -0.4 is 0 Å². The summed E-state index contributed by atoms with van der Waals surface area (Å²) in [6.45, 7) is 9.41. The minimum absolute atomic E-state index is 1.01. The lowest BCUT2D eigenvalue weighted by Crippen LogP contribution is -2.14. The average Bonchev–Trinajstić information content (AvgIpc) is 2.46. The van der Waals surface area contributed by atoms with E-state index in [9.17, 15) is 0 Å². The maximum Gasteiger partial charge on any atom is -0.0386 e. The summed E-state index contributed by atoms with van der Waals surface area (Å²) >= 11 is 0. The molecule has 20 heavy (non-hydrogen) atoms. The molecule has 0 heterocycles. The second-order valence-electron chi connectivity index (χ2n) is 6.77. The van der Waals surface area contributed by atoms with E-state index in [0.29, 0.717) is 0 Å². The maximum atomic E-state index is 2.42. The minimum atomic E-state index is 1.01. The molecule has 0 fully saturated rings. The Kier molecular flexibility index (Phi) is 15.4. The SMILES string of the molecule is CCCCCCCCC(CC)C(CCC)CCCCC. The predicted octanol–water partition coefficient (Wildman–Crippen LogP) is 7.76. The van der Waals surface area contributed by atoms with Crippen molar-refractivity contribution in [1.82, 2.24) is 0 Å². The van der Waals surface area contributed by atoms with Crippen LogP contribution in [0.1, 0.15) is 118 Å². The number of hydrogen-bond donors (Lipinski definition) is 0. The van der Waals surface area contributed by atoms with Crippen molar-refractivity contribution in [2.24, 2.45) is 11.8 Å². The van der Waals surface area contributed by atoms with E-state index in [4.69, 9.17) is 0 Å². The molecule has 0 nitrogen and oxygen atoms in total. The summed E-state index contributed by atoms with van der Waals surface area (Å²) in [4.78, 5) is 0. The summed E-state index contributed by atoms with van der Waals surface area (Å²) in [6, 6.07) is 0. The highest BCUT2D eigenvalue weighted by atomic mass is 14.2. The molecule has 122 valence electrons. The maximum absolute atomic E-state index is 2.42. The van der Waals surface area contributed by atoms with Crippen molar-refractivity contribution in [1.29, 1.82) is 0 Å². The first kappa shape index (κ1) is 20.0. The van der Waals surface area contributed by atoms with Gasteiger partial charge in [0.2, 0.25) is 0 Å². The van der Waals surface area contributed by atoms with Crippen LogP contribution in [-0.2, 0) is 0 Å². The number of unbranched alkanes of at least 4 members (excludes halogenated alkanes) is 7. The summed E-state index contributed by atoms with van der Waals surface area (Å²) in [5, 5.41) is 0. The molecule has 0 saturated carbocycles. The molecule has 0 aliphatic carbocycles. The molecule has 0 aromatic rings. The van der Waals surface area contributed by atoms with Gasteiger partial charge in [0, 0.05) is 0 Å². The van der Waals surface area contributed by atoms with E-state index >= 15 is 0 Å². The first-order chi connectivity index (χ1) is 9.79. The fourth-order valence-electron chi connectivity index (χ4n) is 3.60. The third-order valence-corrected chi connectivity index (χ3v) is 4.96. The molecule has 0 heteroatoms. The zero-order valence-electron chi connectivity index (χ0n) is 15.1. The van der Waals surface area contributed by atoms with Gasteiger partial charge in [0.15, 0.2) is 0 Å². The molecule has 0 bridgehead atoms. The number of rotatable bonds is 15. The minimum Gasteiger partial charge on any atom is -0.0654 e. The van der Waals surface area contributed by atoms with Crippen LogP contribution in [0.5, 0.6) is 0 Å². The molecular formula is C20H42. The van der Waals surface area contributed by atoms with Crippen molar-refractivity contribution in [3.63, 3.8) is 0 Å². The first-order valence-corrected chi connectivity index (χ1v) is 9.79. The molecule has 0 aliphatic rings. The van der Waals surface area contributed by atoms with Crippen molar-refractivity contribution in [3.8, 4) is 0 Å². The third-order valence-electron chi connectivity index (χ3n) is 4.96. The molecule has 2 unspecified atom stereocenters. The summed E-state index contributed by atoms with van der Waals surface area (Å²) < 4.78 is 0. The van der Waals surface area contributed by atoms with Crippen LogP contribution in [0, 0.1) is 11.8 Å². The topological polar surface area (TPSA) is 0 Å². The summed E-state index contributed by atoms with van der Waals surface area (Å²) in [7, 11) is 0. The Morgan fingerprint density at radius 1 is 0.450 bits per heavy atom. The quantitative estimate of drug-likeness (QED) is 0.269. The zero-order chi connectivity index (χ0) is 15.1. The van der Waals surface area contributed by atoms with E-state index < -0.39 is 0 Å². The number of hydrogen-bond acceptors (Lipinski definition) is 0. The van der Waals surface area contributed by atoms with Crippen LogP contribution in [0.3, 0.4) is 0 Å². The monoisotopic (exact) mass is 282 g/mol. The van der Waals surface area contributed by atoms with Crippen LogP contribution >= 0.6 is 0 Å². The third kappa shape index (κ3) is 10.7. The highest BCUT2D eigenvalue weighted by Gasteiger charge is 2.18. The molecule has 0 aliphatic heterocycles. The Hall–Kier alpha value is 0. The fourth-order valence-corrected chi connectivity index (χ4v) is 3.60. The average molecular weight is 283 g/mol. The molecular weight excluding hydrogens is 240 g/mol. The highest BCUT2D eigenvalue weighted by molar-refractivity contribution is 4.70. The molecule has 0 radical (unpaired) electrons. The van der Waals surface area contributed by atoms with Gasteiger partial charge in [0.05, 0.1) is 0 Å². The van der Waals surface area contributed by atoms with Crippen LogP contribution in [0.15, 0.2) is 0 Å². The first-order valence-electron chi connectivity index (χ1n) is 9.79.